The van der Waals surface area contributed by atoms with Gasteiger partial charge in [-0.3, -0.25) is 15.0 Å². The second kappa shape index (κ2) is 10.2. The van der Waals surface area contributed by atoms with Gasteiger partial charge in [-0.2, -0.15) is 0 Å². The van der Waals surface area contributed by atoms with Gasteiger partial charge >= 0.3 is 6.09 Å². The van der Waals surface area contributed by atoms with Crippen molar-refractivity contribution in [1.82, 2.24) is 10.2 Å². The monoisotopic (exact) mass is 372 g/mol. The number of imide groups is 1. The van der Waals surface area contributed by atoms with E-state index in [0.717, 1.165) is 10.2 Å². The van der Waals surface area contributed by atoms with Crippen molar-refractivity contribution in [2.75, 3.05) is 32.8 Å². The van der Waals surface area contributed by atoms with Crippen LogP contribution in [0.15, 0.2) is 28.7 Å². The number of nitrogens with zero attached hydrogens (tertiary/aromatic N) is 1. The van der Waals surface area contributed by atoms with Crippen LogP contribution in [0.1, 0.15) is 13.8 Å². The zero-order valence-corrected chi connectivity index (χ0v) is 14.4. The Morgan fingerprint density at radius 2 is 1.91 bits per heavy atom. The van der Waals surface area contributed by atoms with Crippen LogP contribution in [0.3, 0.4) is 0 Å². The fraction of sp³-hybridized carbons (Fsp3) is 0.467. The molecule has 0 aromatic heterocycles. The average molecular weight is 373 g/mol. The van der Waals surface area contributed by atoms with Gasteiger partial charge < -0.3 is 9.47 Å². The summed E-state index contributed by atoms with van der Waals surface area (Å²) < 4.78 is 11.3. The Morgan fingerprint density at radius 3 is 2.50 bits per heavy atom. The van der Waals surface area contributed by atoms with Crippen molar-refractivity contribution in [1.29, 1.82) is 0 Å². The second-order valence-electron chi connectivity index (χ2n) is 4.44. The van der Waals surface area contributed by atoms with Crippen LogP contribution in [-0.4, -0.2) is 49.7 Å². The Kier molecular flexibility index (Phi) is 8.54. The summed E-state index contributed by atoms with van der Waals surface area (Å²) in [4.78, 5) is 24.7. The molecular formula is C15H21BrN2O4. The van der Waals surface area contributed by atoms with Crippen LogP contribution in [0.25, 0.3) is 0 Å². The maximum Gasteiger partial charge on any atom is 0.413 e. The van der Waals surface area contributed by atoms with Crippen LogP contribution >= 0.6 is 15.9 Å². The predicted octanol–water partition coefficient (Wildman–Crippen LogP) is 2.42. The van der Waals surface area contributed by atoms with Gasteiger partial charge in [-0.15, -0.1) is 0 Å². The lowest BCUT2D eigenvalue weighted by Crippen LogP contribution is -2.41. The summed E-state index contributed by atoms with van der Waals surface area (Å²) in [5.41, 5.74) is 0. The lowest BCUT2D eigenvalue weighted by molar-refractivity contribution is -0.121. The number of hydrogen-bond donors (Lipinski definition) is 1. The smallest absolute Gasteiger partial charge is 0.413 e. The number of hydrogen-bond acceptors (Lipinski definition) is 5. The largest absolute Gasteiger partial charge is 0.492 e. The Bertz CT molecular complexity index is 479. The number of alkyl carbamates (subject to hydrolysis) is 1. The van der Waals surface area contributed by atoms with Crippen LogP contribution in [0, 0.1) is 0 Å². The molecule has 1 aromatic carbocycles. The third-order valence-electron chi connectivity index (χ3n) is 2.82. The van der Waals surface area contributed by atoms with Gasteiger partial charge in [0.25, 0.3) is 0 Å². The summed E-state index contributed by atoms with van der Waals surface area (Å²) >= 11 is 3.36. The number of halogens is 1. The quantitative estimate of drug-likeness (QED) is 0.758. The number of ether oxygens (including phenoxy) is 2. The van der Waals surface area contributed by atoms with Gasteiger partial charge in [0.2, 0.25) is 5.91 Å². The first-order chi connectivity index (χ1) is 10.5. The highest BCUT2D eigenvalue weighted by Crippen LogP contribution is 2.15. The molecule has 1 rings (SSSR count). The Labute approximate surface area is 138 Å². The highest BCUT2D eigenvalue weighted by molar-refractivity contribution is 9.10. The summed E-state index contributed by atoms with van der Waals surface area (Å²) in [5, 5.41) is 2.17. The minimum Gasteiger partial charge on any atom is -0.492 e. The highest BCUT2D eigenvalue weighted by atomic mass is 79.9. The molecule has 0 aliphatic rings. The van der Waals surface area contributed by atoms with Crippen molar-refractivity contribution in [3.8, 4) is 5.75 Å². The van der Waals surface area contributed by atoms with Crippen molar-refractivity contribution >= 4 is 27.9 Å². The first kappa shape index (κ1) is 18.4. The van der Waals surface area contributed by atoms with E-state index in [1.807, 2.05) is 36.1 Å². The van der Waals surface area contributed by atoms with Crippen LogP contribution in [-0.2, 0) is 9.53 Å². The van der Waals surface area contributed by atoms with Gasteiger partial charge in [-0.1, -0.05) is 22.9 Å². The molecule has 0 radical (unpaired) electrons. The molecule has 6 nitrogen and oxygen atoms in total. The molecule has 0 heterocycles. The van der Waals surface area contributed by atoms with Crippen molar-refractivity contribution in [2.24, 2.45) is 0 Å². The van der Waals surface area contributed by atoms with Crippen LogP contribution in [0.5, 0.6) is 5.75 Å². The fourth-order valence-corrected chi connectivity index (χ4v) is 1.96. The van der Waals surface area contributed by atoms with E-state index in [1.165, 1.54) is 0 Å². The first-order valence-electron chi connectivity index (χ1n) is 7.12. The van der Waals surface area contributed by atoms with E-state index >= 15 is 0 Å². The molecule has 0 fully saturated rings. The lowest BCUT2D eigenvalue weighted by atomic mass is 10.3. The molecular weight excluding hydrogens is 352 g/mol. The first-order valence-corrected chi connectivity index (χ1v) is 7.91. The summed E-state index contributed by atoms with van der Waals surface area (Å²) in [6, 6.07) is 7.54. The number of rotatable bonds is 8. The summed E-state index contributed by atoms with van der Waals surface area (Å²) in [5.74, 6) is 0.388. The van der Waals surface area contributed by atoms with E-state index in [0.29, 0.717) is 19.7 Å². The van der Waals surface area contributed by atoms with Gasteiger partial charge in [0.1, 0.15) is 12.4 Å². The van der Waals surface area contributed by atoms with Gasteiger partial charge in [-0.25, -0.2) is 4.79 Å². The molecule has 1 aromatic rings. The Balaban J connectivity index is 2.30. The molecule has 0 unspecified atom stereocenters. The zero-order valence-electron chi connectivity index (χ0n) is 12.8. The molecule has 0 atom stereocenters. The molecule has 0 aliphatic carbocycles. The standard InChI is InChI=1S/C15H21BrN2O4/c1-3-18(11-14(19)17-15(20)21-4-2)9-10-22-13-7-5-12(16)6-8-13/h5-8H,3-4,9-11H2,1-2H3,(H,17,19,20). The molecule has 0 bridgehead atoms. The molecule has 0 aliphatic heterocycles. The van der Waals surface area contributed by atoms with E-state index in [4.69, 9.17) is 4.74 Å². The van der Waals surface area contributed by atoms with E-state index in [-0.39, 0.29) is 19.1 Å². The maximum absolute atomic E-state index is 11.7. The summed E-state index contributed by atoms with van der Waals surface area (Å²) in [7, 11) is 0. The van der Waals surface area contributed by atoms with E-state index in [1.54, 1.807) is 6.92 Å². The minimum atomic E-state index is -0.713. The summed E-state index contributed by atoms with van der Waals surface area (Å²) in [6.07, 6.45) is -0.713. The van der Waals surface area contributed by atoms with Crippen molar-refractivity contribution in [3.63, 3.8) is 0 Å². The van der Waals surface area contributed by atoms with Crippen molar-refractivity contribution in [3.05, 3.63) is 28.7 Å². The number of nitrogens with one attached hydrogen (secondary N) is 1. The minimum absolute atomic E-state index is 0.124. The Hall–Kier alpha value is -1.60. The maximum atomic E-state index is 11.7. The highest BCUT2D eigenvalue weighted by Gasteiger charge is 2.12. The Morgan fingerprint density at radius 1 is 1.23 bits per heavy atom. The fourth-order valence-electron chi connectivity index (χ4n) is 1.70. The van der Waals surface area contributed by atoms with Gasteiger partial charge in [-0.05, 0) is 37.7 Å². The molecule has 0 spiro atoms. The zero-order chi connectivity index (χ0) is 16.4. The average Bonchev–Trinajstić information content (AvgIpc) is 2.48. The molecule has 122 valence electrons. The van der Waals surface area contributed by atoms with E-state index in [9.17, 15) is 9.59 Å². The van der Waals surface area contributed by atoms with Crippen LogP contribution < -0.4 is 10.1 Å². The number of carbonyl (C=O) groups is 2. The van der Waals surface area contributed by atoms with E-state index < -0.39 is 6.09 Å². The number of benzene rings is 1. The normalized spacial score (nSPS) is 10.4. The molecule has 22 heavy (non-hydrogen) atoms. The molecule has 0 saturated carbocycles. The van der Waals surface area contributed by atoms with Crippen molar-refractivity contribution in [2.45, 2.75) is 13.8 Å². The number of amides is 2. The van der Waals surface area contributed by atoms with Gasteiger partial charge in [0.05, 0.1) is 13.2 Å². The molecule has 1 N–H and O–H groups in total. The summed E-state index contributed by atoms with van der Waals surface area (Å²) in [6.45, 7) is 5.71. The van der Waals surface area contributed by atoms with Gasteiger partial charge in [0, 0.05) is 11.0 Å². The lowest BCUT2D eigenvalue weighted by Gasteiger charge is -2.19. The third kappa shape index (κ3) is 7.42. The molecule has 0 saturated heterocycles. The molecule has 2 amide bonds. The number of likely N-dealkylation sites (N-methyl/N-ethyl adjacent to an activating group) is 1. The number of carbonyl (C=O) groups excluding carboxylic acids is 2. The molecule has 7 heteroatoms. The van der Waals surface area contributed by atoms with Gasteiger partial charge in [0.15, 0.2) is 0 Å². The topological polar surface area (TPSA) is 67.9 Å². The van der Waals surface area contributed by atoms with Crippen LogP contribution in [0.4, 0.5) is 4.79 Å². The van der Waals surface area contributed by atoms with Crippen molar-refractivity contribution < 1.29 is 19.1 Å². The second-order valence-corrected chi connectivity index (χ2v) is 5.36. The third-order valence-corrected chi connectivity index (χ3v) is 3.35. The van der Waals surface area contributed by atoms with Crippen LogP contribution in [0.2, 0.25) is 0 Å². The SMILES string of the molecule is CCOC(=O)NC(=O)CN(CC)CCOc1ccc(Br)cc1. The van der Waals surface area contributed by atoms with E-state index in [2.05, 4.69) is 26.0 Å². The predicted molar refractivity (Wildman–Crippen MR) is 86.9 cm³/mol.